The number of fused-ring (bicyclic) bond motifs is 1. The molecule has 5 nitrogen and oxygen atoms in total. The highest BCUT2D eigenvalue weighted by Crippen LogP contribution is 2.42. The second-order valence-corrected chi connectivity index (χ2v) is 5.42. The van der Waals surface area contributed by atoms with Crippen LogP contribution in [-0.4, -0.2) is 18.4 Å². The zero-order chi connectivity index (χ0) is 14.8. The highest BCUT2D eigenvalue weighted by atomic mass is 16.5. The summed E-state index contributed by atoms with van der Waals surface area (Å²) in [6, 6.07) is 8.79. The molecule has 0 bridgehead atoms. The van der Waals surface area contributed by atoms with E-state index in [1.807, 2.05) is 6.07 Å². The van der Waals surface area contributed by atoms with Crippen molar-refractivity contribution in [1.29, 1.82) is 5.26 Å². The molecule has 2 atom stereocenters. The van der Waals surface area contributed by atoms with E-state index in [-0.39, 0.29) is 30.3 Å². The minimum absolute atomic E-state index is 0.111. The average molecular weight is 284 g/mol. The van der Waals surface area contributed by atoms with Crippen LogP contribution in [0.1, 0.15) is 25.7 Å². The first kappa shape index (κ1) is 13.6. The normalized spacial score (nSPS) is 24.6. The van der Waals surface area contributed by atoms with Crippen molar-refractivity contribution in [2.24, 2.45) is 11.8 Å². The number of anilines is 1. The molecule has 0 radical (unpaired) electrons. The van der Waals surface area contributed by atoms with E-state index < -0.39 is 0 Å². The van der Waals surface area contributed by atoms with Gasteiger partial charge in [-0.1, -0.05) is 25.0 Å². The van der Waals surface area contributed by atoms with Crippen LogP contribution in [0.15, 0.2) is 24.3 Å². The molecule has 0 N–H and O–H groups in total. The summed E-state index contributed by atoms with van der Waals surface area (Å²) in [6.07, 6.45) is 3.57. The van der Waals surface area contributed by atoms with Gasteiger partial charge in [0.15, 0.2) is 6.61 Å². The van der Waals surface area contributed by atoms with Gasteiger partial charge in [0.1, 0.15) is 11.8 Å². The molecule has 1 heterocycles. The lowest BCUT2D eigenvalue weighted by Crippen LogP contribution is -2.31. The van der Waals surface area contributed by atoms with Gasteiger partial charge in [0, 0.05) is 0 Å². The summed E-state index contributed by atoms with van der Waals surface area (Å²) >= 11 is 0. The van der Waals surface area contributed by atoms with E-state index in [0.29, 0.717) is 11.4 Å². The summed E-state index contributed by atoms with van der Waals surface area (Å²) in [5.41, 5.74) is 0.456. The van der Waals surface area contributed by atoms with Gasteiger partial charge in [-0.05, 0) is 25.0 Å². The number of imide groups is 1. The third-order valence-corrected chi connectivity index (χ3v) is 4.24. The van der Waals surface area contributed by atoms with Crippen LogP contribution in [0.2, 0.25) is 0 Å². The van der Waals surface area contributed by atoms with E-state index >= 15 is 0 Å². The molecule has 21 heavy (non-hydrogen) atoms. The second kappa shape index (κ2) is 5.57. The molecule has 2 fully saturated rings. The lowest BCUT2D eigenvalue weighted by Gasteiger charge is -2.19. The quantitative estimate of drug-likeness (QED) is 0.798. The van der Waals surface area contributed by atoms with Gasteiger partial charge >= 0.3 is 0 Å². The van der Waals surface area contributed by atoms with Crippen LogP contribution in [0.4, 0.5) is 5.69 Å². The topological polar surface area (TPSA) is 70.4 Å². The van der Waals surface area contributed by atoms with Crippen molar-refractivity contribution >= 4 is 17.5 Å². The van der Waals surface area contributed by atoms with Crippen LogP contribution in [0, 0.1) is 23.2 Å². The molecule has 1 aromatic rings. The fraction of sp³-hybridized carbons (Fsp3) is 0.438. The molecule has 2 unspecified atom stereocenters. The third-order valence-electron chi connectivity index (χ3n) is 4.24. The first-order chi connectivity index (χ1) is 10.2. The molecule has 2 amide bonds. The Bertz CT molecular complexity index is 596. The predicted molar refractivity (Wildman–Crippen MR) is 75.5 cm³/mol. The number of benzene rings is 1. The third kappa shape index (κ3) is 2.27. The Morgan fingerprint density at radius 1 is 1.14 bits per heavy atom. The minimum atomic E-state index is -0.185. The zero-order valence-corrected chi connectivity index (χ0v) is 11.6. The molecule has 1 aliphatic carbocycles. The average Bonchev–Trinajstić information content (AvgIpc) is 2.78. The van der Waals surface area contributed by atoms with E-state index in [1.165, 1.54) is 4.90 Å². The van der Waals surface area contributed by atoms with Gasteiger partial charge in [-0.15, -0.1) is 0 Å². The van der Waals surface area contributed by atoms with Gasteiger partial charge in [-0.25, -0.2) is 4.90 Å². The van der Waals surface area contributed by atoms with Crippen molar-refractivity contribution in [3.8, 4) is 11.8 Å². The maximum absolute atomic E-state index is 12.6. The molecule has 1 saturated heterocycles. The van der Waals surface area contributed by atoms with E-state index in [9.17, 15) is 9.59 Å². The molecule has 0 spiro atoms. The largest absolute Gasteiger partial charge is 0.477 e. The number of ether oxygens (including phenoxy) is 1. The number of nitrogens with zero attached hydrogens (tertiary/aromatic N) is 2. The maximum Gasteiger partial charge on any atom is 0.237 e. The van der Waals surface area contributed by atoms with Crippen LogP contribution < -0.4 is 9.64 Å². The summed E-state index contributed by atoms with van der Waals surface area (Å²) in [5.74, 6) is -0.222. The molecular formula is C16H16N2O3. The smallest absolute Gasteiger partial charge is 0.237 e. The molecular weight excluding hydrogens is 268 g/mol. The molecule has 3 rings (SSSR count). The minimum Gasteiger partial charge on any atom is -0.477 e. The summed E-state index contributed by atoms with van der Waals surface area (Å²) in [4.78, 5) is 26.4. The van der Waals surface area contributed by atoms with Crippen molar-refractivity contribution in [2.45, 2.75) is 25.7 Å². The van der Waals surface area contributed by atoms with Crippen molar-refractivity contribution in [3.63, 3.8) is 0 Å². The molecule has 0 aromatic heterocycles. The fourth-order valence-corrected chi connectivity index (χ4v) is 3.27. The van der Waals surface area contributed by atoms with E-state index in [2.05, 4.69) is 0 Å². The Hall–Kier alpha value is -2.35. The van der Waals surface area contributed by atoms with Crippen molar-refractivity contribution in [1.82, 2.24) is 0 Å². The lowest BCUT2D eigenvalue weighted by atomic mass is 9.81. The van der Waals surface area contributed by atoms with Crippen LogP contribution in [0.5, 0.6) is 5.75 Å². The number of hydrogen-bond acceptors (Lipinski definition) is 4. The molecule has 108 valence electrons. The molecule has 1 aliphatic heterocycles. The number of rotatable bonds is 3. The maximum atomic E-state index is 12.6. The van der Waals surface area contributed by atoms with Gasteiger partial charge < -0.3 is 4.74 Å². The first-order valence-corrected chi connectivity index (χ1v) is 7.20. The van der Waals surface area contributed by atoms with Gasteiger partial charge in [-0.3, -0.25) is 9.59 Å². The van der Waals surface area contributed by atoms with Crippen LogP contribution >= 0.6 is 0 Å². The summed E-state index contributed by atoms with van der Waals surface area (Å²) in [5, 5.41) is 8.63. The fourth-order valence-electron chi connectivity index (χ4n) is 3.27. The van der Waals surface area contributed by atoms with Gasteiger partial charge in [0.2, 0.25) is 11.8 Å². The zero-order valence-electron chi connectivity index (χ0n) is 11.6. The second-order valence-electron chi connectivity index (χ2n) is 5.42. The summed E-state index contributed by atoms with van der Waals surface area (Å²) in [7, 11) is 0. The van der Waals surface area contributed by atoms with E-state index in [1.54, 1.807) is 24.3 Å². The van der Waals surface area contributed by atoms with Crippen molar-refractivity contribution in [3.05, 3.63) is 24.3 Å². The predicted octanol–water partition coefficient (Wildman–Crippen LogP) is 2.27. The standard InChI is InChI=1S/C16H16N2O3/c17-9-10-21-14-8-4-3-7-13(14)18-15(19)11-5-1-2-6-12(11)16(18)20/h3-4,7-8,11-12H,1-2,5-6,10H2. The Labute approximate surface area is 123 Å². The molecule has 5 heteroatoms. The van der Waals surface area contributed by atoms with Crippen LogP contribution in [-0.2, 0) is 9.59 Å². The highest BCUT2D eigenvalue weighted by molar-refractivity contribution is 6.22. The molecule has 1 aromatic carbocycles. The Morgan fingerprint density at radius 2 is 1.76 bits per heavy atom. The van der Waals surface area contributed by atoms with E-state index in [0.717, 1.165) is 25.7 Å². The summed E-state index contributed by atoms with van der Waals surface area (Å²) in [6.45, 7) is -0.111. The Balaban J connectivity index is 1.95. The number of amides is 2. The first-order valence-electron chi connectivity index (χ1n) is 7.20. The molecule has 1 saturated carbocycles. The van der Waals surface area contributed by atoms with Gasteiger partial charge in [0.25, 0.3) is 0 Å². The number of para-hydroxylation sites is 2. The van der Waals surface area contributed by atoms with Gasteiger partial charge in [-0.2, -0.15) is 5.26 Å². The van der Waals surface area contributed by atoms with Crippen LogP contribution in [0.3, 0.4) is 0 Å². The van der Waals surface area contributed by atoms with Crippen molar-refractivity contribution < 1.29 is 14.3 Å². The lowest BCUT2D eigenvalue weighted by molar-refractivity contribution is -0.122. The SMILES string of the molecule is N#CCOc1ccccc1N1C(=O)C2CCCCC2C1=O. The van der Waals surface area contributed by atoms with Crippen molar-refractivity contribution in [2.75, 3.05) is 11.5 Å². The number of nitriles is 1. The molecule has 2 aliphatic rings. The highest BCUT2D eigenvalue weighted by Gasteiger charge is 2.49. The number of carbonyl (C=O) groups is 2. The van der Waals surface area contributed by atoms with Gasteiger partial charge in [0.05, 0.1) is 17.5 Å². The Morgan fingerprint density at radius 3 is 2.38 bits per heavy atom. The number of carbonyl (C=O) groups excluding carboxylic acids is 2. The van der Waals surface area contributed by atoms with Crippen LogP contribution in [0.25, 0.3) is 0 Å². The monoisotopic (exact) mass is 284 g/mol. The Kier molecular flexibility index (Phi) is 3.61. The number of hydrogen-bond donors (Lipinski definition) is 0. The van der Waals surface area contributed by atoms with E-state index in [4.69, 9.17) is 10.00 Å². The summed E-state index contributed by atoms with van der Waals surface area (Å²) < 4.78 is 5.34.